The second-order valence-corrected chi connectivity index (χ2v) is 5.18. The van der Waals surface area contributed by atoms with Crippen LogP contribution in [0.15, 0.2) is 60.3 Å². The van der Waals surface area contributed by atoms with E-state index in [1.165, 1.54) is 30.5 Å². The summed E-state index contributed by atoms with van der Waals surface area (Å²) < 4.78 is 17.9. The Bertz CT molecular complexity index is 778. The highest BCUT2D eigenvalue weighted by Gasteiger charge is 2.09. The molecule has 0 aliphatic carbocycles. The molecule has 0 atom stereocenters. The van der Waals surface area contributed by atoms with Crippen molar-refractivity contribution in [2.24, 2.45) is 0 Å². The first-order valence-corrected chi connectivity index (χ1v) is 7.66. The fourth-order valence-corrected chi connectivity index (χ4v) is 2.06. The highest BCUT2D eigenvalue weighted by Crippen LogP contribution is 2.11. The molecule has 0 bridgehead atoms. The smallest absolute Gasteiger partial charge is 0.267 e. The summed E-state index contributed by atoms with van der Waals surface area (Å²) in [6.07, 6.45) is 2.11. The Morgan fingerprint density at radius 3 is 2.48 bits per heavy atom. The fraction of sp³-hybridized carbons (Fsp3) is 0.158. The monoisotopic (exact) mass is 339 g/mol. The van der Waals surface area contributed by atoms with Gasteiger partial charge in [-0.3, -0.25) is 4.79 Å². The van der Waals surface area contributed by atoms with Crippen LogP contribution in [-0.2, 0) is 11.2 Å². The number of ether oxygens (including phenoxy) is 1. The molecule has 6 heteroatoms. The number of carbonyl (C=O) groups excluding carboxylic acids is 1. The van der Waals surface area contributed by atoms with Gasteiger partial charge in [-0.05, 0) is 48.4 Å². The van der Waals surface area contributed by atoms with Crippen LogP contribution in [0.4, 0.5) is 10.1 Å². The van der Waals surface area contributed by atoms with Crippen LogP contribution < -0.4 is 15.4 Å². The van der Waals surface area contributed by atoms with E-state index in [0.717, 1.165) is 17.7 Å². The van der Waals surface area contributed by atoms with Gasteiger partial charge in [-0.1, -0.05) is 12.1 Å². The van der Waals surface area contributed by atoms with Crippen LogP contribution in [0, 0.1) is 17.1 Å². The molecule has 0 saturated carbocycles. The molecule has 1 amide bonds. The van der Waals surface area contributed by atoms with Crippen LogP contribution in [0.25, 0.3) is 0 Å². The molecule has 0 fully saturated rings. The van der Waals surface area contributed by atoms with Crippen LogP contribution in [-0.4, -0.2) is 19.6 Å². The second-order valence-electron chi connectivity index (χ2n) is 5.18. The van der Waals surface area contributed by atoms with Crippen molar-refractivity contribution in [2.75, 3.05) is 19.0 Å². The molecular weight excluding hydrogens is 321 g/mol. The Hall–Kier alpha value is -3.33. The molecule has 2 aromatic rings. The third-order valence-corrected chi connectivity index (χ3v) is 3.43. The van der Waals surface area contributed by atoms with Crippen molar-refractivity contribution in [2.45, 2.75) is 6.42 Å². The van der Waals surface area contributed by atoms with Gasteiger partial charge in [-0.25, -0.2) is 4.39 Å². The zero-order valence-corrected chi connectivity index (χ0v) is 13.8. The van der Waals surface area contributed by atoms with E-state index in [-0.39, 0.29) is 5.57 Å². The molecule has 5 nitrogen and oxygen atoms in total. The molecule has 0 aromatic heterocycles. The lowest BCUT2D eigenvalue weighted by molar-refractivity contribution is -0.112. The van der Waals surface area contributed by atoms with Gasteiger partial charge in [-0.2, -0.15) is 5.26 Å². The molecule has 25 heavy (non-hydrogen) atoms. The van der Waals surface area contributed by atoms with E-state index >= 15 is 0 Å². The minimum absolute atomic E-state index is 0.0564. The van der Waals surface area contributed by atoms with E-state index < -0.39 is 11.7 Å². The van der Waals surface area contributed by atoms with Crippen LogP contribution in [0.1, 0.15) is 5.56 Å². The molecule has 2 aromatic carbocycles. The minimum atomic E-state index is -0.550. The van der Waals surface area contributed by atoms with Gasteiger partial charge in [-0.15, -0.1) is 0 Å². The average Bonchev–Trinajstić information content (AvgIpc) is 2.64. The van der Waals surface area contributed by atoms with Crippen molar-refractivity contribution >= 4 is 11.6 Å². The van der Waals surface area contributed by atoms with Gasteiger partial charge in [0.05, 0.1) is 7.11 Å². The molecule has 0 radical (unpaired) electrons. The molecule has 128 valence electrons. The Balaban J connectivity index is 1.85. The van der Waals surface area contributed by atoms with E-state index in [1.54, 1.807) is 7.11 Å². The van der Waals surface area contributed by atoms with Gasteiger partial charge < -0.3 is 15.4 Å². The molecular formula is C19H18FN3O2. The topological polar surface area (TPSA) is 74.1 Å². The second kappa shape index (κ2) is 9.08. The maximum atomic E-state index is 12.8. The molecule has 0 aliphatic heterocycles. The van der Waals surface area contributed by atoms with Gasteiger partial charge in [0.25, 0.3) is 5.91 Å². The summed E-state index contributed by atoms with van der Waals surface area (Å²) in [4.78, 5) is 12.0. The van der Waals surface area contributed by atoms with Crippen molar-refractivity contribution in [3.63, 3.8) is 0 Å². The Morgan fingerprint density at radius 2 is 1.88 bits per heavy atom. The number of hydrogen-bond donors (Lipinski definition) is 2. The number of rotatable bonds is 7. The number of carbonyl (C=O) groups is 1. The van der Waals surface area contributed by atoms with Gasteiger partial charge in [0.15, 0.2) is 0 Å². The highest BCUT2D eigenvalue weighted by molar-refractivity contribution is 6.06. The van der Waals surface area contributed by atoms with Gasteiger partial charge in [0, 0.05) is 18.4 Å². The molecule has 0 aliphatic rings. The molecule has 2 rings (SSSR count). The number of methoxy groups -OCH3 is 1. The molecule has 0 spiro atoms. The number of halogens is 1. The largest absolute Gasteiger partial charge is 0.497 e. The predicted molar refractivity (Wildman–Crippen MR) is 93.4 cm³/mol. The molecule has 0 saturated heterocycles. The summed E-state index contributed by atoms with van der Waals surface area (Å²) in [5.41, 5.74) is 1.47. The summed E-state index contributed by atoms with van der Waals surface area (Å²) in [5.74, 6) is -0.152. The number of nitrogens with zero attached hydrogens (tertiary/aromatic N) is 1. The van der Waals surface area contributed by atoms with Gasteiger partial charge in [0.1, 0.15) is 23.2 Å². The van der Waals surface area contributed by atoms with Crippen LogP contribution in [0.2, 0.25) is 0 Å². The standard InChI is InChI=1S/C19H18FN3O2/c1-25-18-8-2-14(3-9-18)10-11-22-13-15(12-21)19(24)23-17-6-4-16(20)5-7-17/h2-9,13,22H,10-11H2,1H3,(H,23,24)/b15-13-. The summed E-state index contributed by atoms with van der Waals surface area (Å²) >= 11 is 0. The number of nitrogens with one attached hydrogen (secondary N) is 2. The van der Waals surface area contributed by atoms with Crippen molar-refractivity contribution in [3.8, 4) is 11.8 Å². The van der Waals surface area contributed by atoms with Crippen LogP contribution >= 0.6 is 0 Å². The molecule has 0 unspecified atom stereocenters. The van der Waals surface area contributed by atoms with Gasteiger partial charge in [0.2, 0.25) is 0 Å². The summed E-state index contributed by atoms with van der Waals surface area (Å²) in [6, 6.07) is 14.8. The SMILES string of the molecule is COc1ccc(CCN/C=C(/C#N)C(=O)Nc2ccc(F)cc2)cc1. The molecule has 0 heterocycles. The zero-order chi connectivity index (χ0) is 18.1. The van der Waals surface area contributed by atoms with Crippen molar-refractivity contribution < 1.29 is 13.9 Å². The number of benzene rings is 2. The first kappa shape index (κ1) is 18.0. The predicted octanol–water partition coefficient (Wildman–Crippen LogP) is 3.01. The Labute approximate surface area is 145 Å². The van der Waals surface area contributed by atoms with E-state index in [4.69, 9.17) is 10.00 Å². The quantitative estimate of drug-likeness (QED) is 0.462. The zero-order valence-electron chi connectivity index (χ0n) is 13.8. The fourth-order valence-electron chi connectivity index (χ4n) is 2.06. The van der Waals surface area contributed by atoms with E-state index in [0.29, 0.717) is 12.2 Å². The number of amides is 1. The van der Waals surface area contributed by atoms with Crippen LogP contribution in [0.3, 0.4) is 0 Å². The van der Waals surface area contributed by atoms with E-state index in [2.05, 4.69) is 10.6 Å². The van der Waals surface area contributed by atoms with E-state index in [1.807, 2.05) is 30.3 Å². The lowest BCUT2D eigenvalue weighted by Crippen LogP contribution is -2.18. The Kier molecular flexibility index (Phi) is 6.55. The maximum absolute atomic E-state index is 12.8. The number of anilines is 1. The van der Waals surface area contributed by atoms with E-state index in [9.17, 15) is 9.18 Å². The van der Waals surface area contributed by atoms with Crippen molar-refractivity contribution in [3.05, 3.63) is 71.7 Å². The molecule has 2 N–H and O–H groups in total. The lowest BCUT2D eigenvalue weighted by Gasteiger charge is -2.06. The normalized spacial score (nSPS) is 10.7. The summed E-state index contributed by atoms with van der Waals surface area (Å²) in [6.45, 7) is 0.571. The first-order valence-electron chi connectivity index (χ1n) is 7.66. The summed E-state index contributed by atoms with van der Waals surface area (Å²) in [7, 11) is 1.61. The Morgan fingerprint density at radius 1 is 1.20 bits per heavy atom. The lowest BCUT2D eigenvalue weighted by atomic mass is 10.1. The summed E-state index contributed by atoms with van der Waals surface area (Å²) in [5, 5.41) is 14.6. The number of hydrogen-bond acceptors (Lipinski definition) is 4. The van der Waals surface area contributed by atoms with Crippen molar-refractivity contribution in [1.29, 1.82) is 5.26 Å². The van der Waals surface area contributed by atoms with Crippen LogP contribution in [0.5, 0.6) is 5.75 Å². The highest BCUT2D eigenvalue weighted by atomic mass is 19.1. The number of nitriles is 1. The maximum Gasteiger partial charge on any atom is 0.267 e. The average molecular weight is 339 g/mol. The first-order chi connectivity index (χ1) is 12.1. The third kappa shape index (κ3) is 5.66. The minimum Gasteiger partial charge on any atom is -0.497 e. The van der Waals surface area contributed by atoms with Crippen molar-refractivity contribution in [1.82, 2.24) is 5.32 Å². The van der Waals surface area contributed by atoms with Gasteiger partial charge >= 0.3 is 0 Å². The third-order valence-electron chi connectivity index (χ3n) is 3.43.